The molecule has 1 fully saturated rings. The molecular weight excluding hydrogens is 443 g/mol. The predicted octanol–water partition coefficient (Wildman–Crippen LogP) is 3.97. The molecule has 1 heterocycles. The van der Waals surface area contributed by atoms with Crippen LogP contribution in [0.1, 0.15) is 44.7 Å². The Kier molecular flexibility index (Phi) is 7.06. The van der Waals surface area contributed by atoms with Crippen molar-refractivity contribution in [2.24, 2.45) is 0 Å². The molecule has 1 aliphatic rings. The molecule has 0 spiro atoms. The second-order valence-corrected chi connectivity index (χ2v) is 7.51. The van der Waals surface area contributed by atoms with Gasteiger partial charge >= 0.3 is 18.1 Å². The lowest BCUT2D eigenvalue weighted by Crippen LogP contribution is -2.45. The SMILES string of the molecule is COC(=O)c1cc(NC(=O)C2(c3cccc(C(F)(F)F)c3)CCOCC2)cc(C(=O)OC)c1. The van der Waals surface area contributed by atoms with Crippen LogP contribution >= 0.6 is 0 Å². The van der Waals surface area contributed by atoms with Gasteiger partial charge in [0.1, 0.15) is 0 Å². The first-order valence-corrected chi connectivity index (χ1v) is 9.99. The lowest BCUT2D eigenvalue weighted by Gasteiger charge is -2.36. The van der Waals surface area contributed by atoms with Crippen LogP contribution in [-0.4, -0.2) is 45.3 Å². The fourth-order valence-electron chi connectivity index (χ4n) is 3.78. The number of alkyl halides is 3. The first-order chi connectivity index (χ1) is 15.6. The number of esters is 2. The zero-order chi connectivity index (χ0) is 24.2. The number of carbonyl (C=O) groups excluding carboxylic acids is 3. The van der Waals surface area contributed by atoms with Crippen LogP contribution in [0.3, 0.4) is 0 Å². The third-order valence-electron chi connectivity index (χ3n) is 5.56. The Morgan fingerprint density at radius 2 is 1.52 bits per heavy atom. The van der Waals surface area contributed by atoms with Crippen molar-refractivity contribution < 1.29 is 41.8 Å². The summed E-state index contributed by atoms with van der Waals surface area (Å²) in [5.74, 6) is -2.06. The summed E-state index contributed by atoms with van der Waals surface area (Å²) >= 11 is 0. The van der Waals surface area contributed by atoms with Crippen LogP contribution in [0.2, 0.25) is 0 Å². The van der Waals surface area contributed by atoms with Gasteiger partial charge in [-0.2, -0.15) is 13.2 Å². The average Bonchev–Trinajstić information content (AvgIpc) is 2.82. The molecule has 0 unspecified atom stereocenters. The molecule has 1 N–H and O–H groups in total. The Balaban J connectivity index is 2.03. The molecule has 1 aliphatic heterocycles. The van der Waals surface area contributed by atoms with E-state index in [4.69, 9.17) is 4.74 Å². The van der Waals surface area contributed by atoms with Crippen molar-refractivity contribution in [3.05, 3.63) is 64.7 Å². The number of anilines is 1. The molecule has 1 amide bonds. The lowest BCUT2D eigenvalue weighted by atomic mass is 9.73. The van der Waals surface area contributed by atoms with Crippen molar-refractivity contribution in [3.63, 3.8) is 0 Å². The van der Waals surface area contributed by atoms with Crippen LogP contribution in [0.25, 0.3) is 0 Å². The highest BCUT2D eigenvalue weighted by molar-refractivity contribution is 6.02. The van der Waals surface area contributed by atoms with E-state index in [2.05, 4.69) is 14.8 Å². The second-order valence-electron chi connectivity index (χ2n) is 7.51. The molecule has 0 aliphatic carbocycles. The van der Waals surface area contributed by atoms with Gasteiger partial charge in [-0.1, -0.05) is 18.2 Å². The van der Waals surface area contributed by atoms with E-state index < -0.39 is 35.0 Å². The molecule has 176 valence electrons. The average molecular weight is 465 g/mol. The number of hydrogen-bond acceptors (Lipinski definition) is 6. The van der Waals surface area contributed by atoms with Crippen molar-refractivity contribution in [2.45, 2.75) is 24.4 Å². The summed E-state index contributed by atoms with van der Waals surface area (Å²) in [7, 11) is 2.33. The number of ether oxygens (including phenoxy) is 3. The molecular formula is C23H22F3NO6. The number of halogens is 3. The minimum Gasteiger partial charge on any atom is -0.465 e. The molecule has 0 bridgehead atoms. The summed E-state index contributed by atoms with van der Waals surface area (Å²) in [6.45, 7) is 0.360. The maximum atomic E-state index is 13.5. The highest BCUT2D eigenvalue weighted by Crippen LogP contribution is 2.39. The van der Waals surface area contributed by atoms with E-state index in [1.54, 1.807) is 0 Å². The summed E-state index contributed by atoms with van der Waals surface area (Å²) < 4.78 is 54.6. The molecule has 2 aromatic carbocycles. The Labute approximate surface area is 187 Å². The van der Waals surface area contributed by atoms with E-state index >= 15 is 0 Å². The molecule has 0 saturated carbocycles. The van der Waals surface area contributed by atoms with E-state index in [-0.39, 0.29) is 48.4 Å². The molecule has 3 rings (SSSR count). The molecule has 33 heavy (non-hydrogen) atoms. The molecule has 1 saturated heterocycles. The number of carbonyl (C=O) groups is 3. The summed E-state index contributed by atoms with van der Waals surface area (Å²) in [6.07, 6.45) is -4.26. The number of benzene rings is 2. The Hall–Kier alpha value is -3.40. The van der Waals surface area contributed by atoms with Gasteiger partial charge in [-0.3, -0.25) is 4.79 Å². The van der Waals surface area contributed by atoms with E-state index in [1.807, 2.05) is 0 Å². The number of amides is 1. The van der Waals surface area contributed by atoms with Crippen LogP contribution in [0.5, 0.6) is 0 Å². The molecule has 2 aromatic rings. The number of methoxy groups -OCH3 is 2. The standard InChI is InChI=1S/C23H22F3NO6/c1-31-19(28)14-10-15(20(29)32-2)12-18(11-14)27-21(30)22(6-8-33-9-7-22)16-4-3-5-17(13-16)23(24,25)26/h3-5,10-13H,6-9H2,1-2H3,(H,27,30). The van der Waals surface area contributed by atoms with E-state index in [9.17, 15) is 27.6 Å². The minimum atomic E-state index is -4.57. The van der Waals surface area contributed by atoms with Gasteiger partial charge in [0, 0.05) is 18.9 Å². The third-order valence-corrected chi connectivity index (χ3v) is 5.56. The molecule has 0 atom stereocenters. The fourth-order valence-corrected chi connectivity index (χ4v) is 3.78. The number of hydrogen-bond donors (Lipinski definition) is 1. The van der Waals surface area contributed by atoms with Gasteiger partial charge in [0.2, 0.25) is 5.91 Å². The zero-order valence-corrected chi connectivity index (χ0v) is 18.0. The van der Waals surface area contributed by atoms with E-state index in [0.717, 1.165) is 26.4 Å². The van der Waals surface area contributed by atoms with Crippen molar-refractivity contribution >= 4 is 23.5 Å². The van der Waals surface area contributed by atoms with E-state index in [1.165, 1.54) is 30.3 Å². The molecule has 7 nitrogen and oxygen atoms in total. The first-order valence-electron chi connectivity index (χ1n) is 9.99. The monoisotopic (exact) mass is 465 g/mol. The Morgan fingerprint density at radius 1 is 0.939 bits per heavy atom. The zero-order valence-electron chi connectivity index (χ0n) is 18.0. The van der Waals surface area contributed by atoms with Crippen LogP contribution < -0.4 is 5.32 Å². The van der Waals surface area contributed by atoms with Gasteiger partial charge < -0.3 is 19.5 Å². The summed E-state index contributed by atoms with van der Waals surface area (Å²) in [5.41, 5.74) is -1.87. The van der Waals surface area contributed by atoms with Crippen molar-refractivity contribution in [3.8, 4) is 0 Å². The quantitative estimate of drug-likeness (QED) is 0.673. The summed E-state index contributed by atoms with van der Waals surface area (Å²) in [6, 6.07) is 8.53. The molecule has 0 aromatic heterocycles. The Morgan fingerprint density at radius 3 is 2.03 bits per heavy atom. The second kappa shape index (κ2) is 9.62. The Bertz CT molecular complexity index is 1030. The van der Waals surface area contributed by atoms with Crippen LogP contribution in [0, 0.1) is 0 Å². The van der Waals surface area contributed by atoms with Gasteiger partial charge in [0.05, 0.1) is 36.3 Å². The topological polar surface area (TPSA) is 90.9 Å². The fraction of sp³-hybridized carbons (Fsp3) is 0.348. The van der Waals surface area contributed by atoms with Crippen molar-refractivity contribution in [1.29, 1.82) is 0 Å². The largest absolute Gasteiger partial charge is 0.465 e. The maximum absolute atomic E-state index is 13.5. The summed E-state index contributed by atoms with van der Waals surface area (Å²) in [5, 5.41) is 2.66. The normalized spacial score (nSPS) is 15.4. The predicted molar refractivity (Wildman–Crippen MR) is 111 cm³/mol. The lowest BCUT2D eigenvalue weighted by molar-refractivity contribution is -0.138. The number of nitrogens with one attached hydrogen (secondary N) is 1. The van der Waals surface area contributed by atoms with Crippen molar-refractivity contribution in [2.75, 3.05) is 32.8 Å². The molecule has 0 radical (unpaired) electrons. The van der Waals surface area contributed by atoms with Gasteiger partial charge in [0.15, 0.2) is 0 Å². The van der Waals surface area contributed by atoms with Crippen LogP contribution in [-0.2, 0) is 30.6 Å². The van der Waals surface area contributed by atoms with Gasteiger partial charge in [-0.25, -0.2) is 9.59 Å². The molecule has 10 heteroatoms. The smallest absolute Gasteiger partial charge is 0.416 e. The van der Waals surface area contributed by atoms with Gasteiger partial charge in [-0.05, 0) is 42.7 Å². The summed E-state index contributed by atoms with van der Waals surface area (Å²) in [4.78, 5) is 37.5. The minimum absolute atomic E-state index is 0.00389. The highest BCUT2D eigenvalue weighted by atomic mass is 19.4. The van der Waals surface area contributed by atoms with Crippen LogP contribution in [0.4, 0.5) is 18.9 Å². The number of rotatable bonds is 5. The third kappa shape index (κ3) is 5.16. The maximum Gasteiger partial charge on any atom is 0.416 e. The van der Waals surface area contributed by atoms with Gasteiger partial charge in [0.25, 0.3) is 0 Å². The van der Waals surface area contributed by atoms with Crippen LogP contribution in [0.15, 0.2) is 42.5 Å². The first kappa shape index (κ1) is 24.2. The van der Waals surface area contributed by atoms with Crippen molar-refractivity contribution in [1.82, 2.24) is 0 Å². The highest BCUT2D eigenvalue weighted by Gasteiger charge is 2.43. The van der Waals surface area contributed by atoms with E-state index in [0.29, 0.717) is 0 Å². The van der Waals surface area contributed by atoms with Gasteiger partial charge in [-0.15, -0.1) is 0 Å².